The van der Waals surface area contributed by atoms with Crippen LogP contribution >= 0.6 is 11.3 Å². The van der Waals surface area contributed by atoms with Crippen LogP contribution in [0, 0.1) is 17.5 Å². The molecule has 1 fully saturated rings. The van der Waals surface area contributed by atoms with Crippen LogP contribution in [0.4, 0.5) is 19.0 Å². The molecule has 2 aromatic carbocycles. The number of benzene rings is 2. The molecule has 1 saturated heterocycles. The third kappa shape index (κ3) is 4.13. The van der Waals surface area contributed by atoms with E-state index in [-0.39, 0.29) is 28.7 Å². The summed E-state index contributed by atoms with van der Waals surface area (Å²) in [5.74, 6) is -2.22. The van der Waals surface area contributed by atoms with E-state index in [1.807, 2.05) is 0 Å². The van der Waals surface area contributed by atoms with E-state index in [0.717, 1.165) is 25.0 Å². The number of aromatic nitrogens is 3. The van der Waals surface area contributed by atoms with Crippen molar-refractivity contribution in [1.29, 1.82) is 0 Å². The largest absolute Gasteiger partial charge is 0.367 e. The van der Waals surface area contributed by atoms with Gasteiger partial charge in [0.2, 0.25) is 0 Å². The summed E-state index contributed by atoms with van der Waals surface area (Å²) in [7, 11) is 0. The van der Waals surface area contributed by atoms with Crippen molar-refractivity contribution in [3.05, 3.63) is 71.3 Å². The van der Waals surface area contributed by atoms with Gasteiger partial charge in [-0.2, -0.15) is 0 Å². The van der Waals surface area contributed by atoms with Crippen LogP contribution in [0.5, 0.6) is 0 Å². The minimum atomic E-state index is -0.990. The van der Waals surface area contributed by atoms with Gasteiger partial charge in [-0.15, -0.1) is 11.3 Å². The second kappa shape index (κ2) is 8.78. The van der Waals surface area contributed by atoms with E-state index < -0.39 is 17.5 Å². The Morgan fingerprint density at radius 1 is 1.09 bits per heavy atom. The molecule has 1 N–H and O–H groups in total. The van der Waals surface area contributed by atoms with Crippen molar-refractivity contribution in [3.63, 3.8) is 0 Å². The van der Waals surface area contributed by atoms with Crippen LogP contribution in [0.2, 0.25) is 0 Å². The van der Waals surface area contributed by atoms with Crippen LogP contribution in [0.3, 0.4) is 0 Å². The molecule has 168 valence electrons. The predicted octanol–water partition coefficient (Wildman–Crippen LogP) is 4.89. The summed E-state index contributed by atoms with van der Waals surface area (Å²) in [4.78, 5) is 28.2. The van der Waals surface area contributed by atoms with Gasteiger partial charge in [0.05, 0.1) is 27.6 Å². The molecule has 6 nitrogen and oxygen atoms in total. The van der Waals surface area contributed by atoms with E-state index >= 15 is 0 Å². The van der Waals surface area contributed by atoms with E-state index in [2.05, 4.69) is 20.3 Å². The van der Waals surface area contributed by atoms with Crippen LogP contribution in [0.1, 0.15) is 23.3 Å². The molecule has 1 atom stereocenters. The smallest absolute Gasteiger partial charge is 0.274 e. The molecule has 0 radical (unpaired) electrons. The standard InChI is InChI=1S/C23H18F3N5OS/c24-15-6-2-1-5-14(15)22-21(29-12-33-22)23(32)31-7-3-4-13(31)10-28-20-11-27-18-8-16(25)17(26)9-19(18)30-20/h1-2,5-6,8-9,11-13H,3-4,7,10H2,(H,28,30)/t13-/m0/s1. The van der Waals surface area contributed by atoms with E-state index in [1.54, 1.807) is 28.6 Å². The molecule has 2 aromatic heterocycles. The molecule has 0 unspecified atom stereocenters. The number of halogens is 3. The minimum Gasteiger partial charge on any atom is -0.367 e. The van der Waals surface area contributed by atoms with Gasteiger partial charge in [0.25, 0.3) is 5.91 Å². The summed E-state index contributed by atoms with van der Waals surface area (Å²) < 4.78 is 41.2. The van der Waals surface area contributed by atoms with Crippen molar-refractivity contribution in [2.45, 2.75) is 18.9 Å². The SMILES string of the molecule is O=C(c1ncsc1-c1ccccc1F)N1CCC[C@H]1CNc1cnc2cc(F)c(F)cc2n1. The highest BCUT2D eigenvalue weighted by molar-refractivity contribution is 7.13. The zero-order valence-electron chi connectivity index (χ0n) is 17.3. The zero-order chi connectivity index (χ0) is 22.9. The number of nitrogens with one attached hydrogen (secondary N) is 1. The van der Waals surface area contributed by atoms with Gasteiger partial charge >= 0.3 is 0 Å². The lowest BCUT2D eigenvalue weighted by Gasteiger charge is -2.25. The topological polar surface area (TPSA) is 71.0 Å². The average molecular weight is 469 g/mol. The number of rotatable bonds is 5. The molecule has 1 aliphatic rings. The van der Waals surface area contributed by atoms with Crippen molar-refractivity contribution in [3.8, 4) is 10.4 Å². The first-order valence-corrected chi connectivity index (χ1v) is 11.2. The van der Waals surface area contributed by atoms with Gasteiger partial charge < -0.3 is 10.2 Å². The maximum absolute atomic E-state index is 14.3. The summed E-state index contributed by atoms with van der Waals surface area (Å²) in [6.45, 7) is 0.960. The van der Waals surface area contributed by atoms with E-state index in [9.17, 15) is 18.0 Å². The zero-order valence-corrected chi connectivity index (χ0v) is 18.1. The predicted molar refractivity (Wildman–Crippen MR) is 120 cm³/mol. The van der Waals surface area contributed by atoms with E-state index in [4.69, 9.17) is 0 Å². The number of carbonyl (C=O) groups is 1. The number of hydrogen-bond donors (Lipinski definition) is 1. The molecule has 10 heteroatoms. The van der Waals surface area contributed by atoms with E-state index in [1.165, 1.54) is 23.6 Å². The number of likely N-dealkylation sites (tertiary alicyclic amines) is 1. The first-order valence-electron chi connectivity index (χ1n) is 10.4. The van der Waals surface area contributed by atoms with Crippen LogP contribution in [0.25, 0.3) is 21.5 Å². The Hall–Kier alpha value is -3.53. The Kier molecular flexibility index (Phi) is 5.67. The van der Waals surface area contributed by atoms with Gasteiger partial charge in [-0.3, -0.25) is 9.78 Å². The third-order valence-corrected chi connectivity index (χ3v) is 6.49. The Morgan fingerprint density at radius 2 is 1.88 bits per heavy atom. The van der Waals surface area contributed by atoms with Gasteiger partial charge in [0.1, 0.15) is 17.3 Å². The Bertz CT molecular complexity index is 1340. The van der Waals surface area contributed by atoms with Crippen molar-refractivity contribution < 1.29 is 18.0 Å². The Morgan fingerprint density at radius 3 is 2.70 bits per heavy atom. The van der Waals surface area contributed by atoms with Crippen molar-refractivity contribution in [2.24, 2.45) is 0 Å². The lowest BCUT2D eigenvalue weighted by Crippen LogP contribution is -2.40. The maximum atomic E-state index is 14.3. The Balaban J connectivity index is 1.33. The number of carbonyl (C=O) groups excluding carboxylic acids is 1. The highest BCUT2D eigenvalue weighted by Gasteiger charge is 2.32. The number of hydrogen-bond acceptors (Lipinski definition) is 6. The highest BCUT2D eigenvalue weighted by Crippen LogP contribution is 2.32. The second-order valence-corrected chi connectivity index (χ2v) is 8.55. The first kappa shape index (κ1) is 21.3. The third-order valence-electron chi connectivity index (χ3n) is 5.63. The second-order valence-electron chi connectivity index (χ2n) is 7.70. The summed E-state index contributed by atoms with van der Waals surface area (Å²) in [6, 6.07) is 8.19. The molecular formula is C23H18F3N5OS. The molecule has 1 amide bonds. The molecule has 0 spiro atoms. The summed E-state index contributed by atoms with van der Waals surface area (Å²) >= 11 is 1.23. The fraction of sp³-hybridized carbons (Fsp3) is 0.217. The van der Waals surface area contributed by atoms with Crippen molar-refractivity contribution >= 4 is 34.1 Å². The number of amides is 1. The van der Waals surface area contributed by atoms with Gasteiger partial charge in [-0.1, -0.05) is 18.2 Å². The highest BCUT2D eigenvalue weighted by atomic mass is 32.1. The fourth-order valence-corrected chi connectivity index (χ4v) is 4.81. The summed E-state index contributed by atoms with van der Waals surface area (Å²) in [5, 5.41) is 3.14. The molecule has 0 aliphatic carbocycles. The molecular weight excluding hydrogens is 451 g/mol. The number of anilines is 1. The van der Waals surface area contributed by atoms with Crippen molar-refractivity contribution in [2.75, 3.05) is 18.4 Å². The van der Waals surface area contributed by atoms with Crippen LogP contribution in [-0.2, 0) is 0 Å². The van der Waals surface area contributed by atoms with Gasteiger partial charge in [-0.05, 0) is 18.9 Å². The van der Waals surface area contributed by atoms with Crippen LogP contribution in [-0.4, -0.2) is 44.9 Å². The number of nitrogens with zero attached hydrogens (tertiary/aromatic N) is 4. The first-order chi connectivity index (χ1) is 16.0. The van der Waals surface area contributed by atoms with Gasteiger partial charge in [-0.25, -0.2) is 23.1 Å². The monoisotopic (exact) mass is 469 g/mol. The van der Waals surface area contributed by atoms with Crippen molar-refractivity contribution in [1.82, 2.24) is 19.9 Å². The molecule has 1 aliphatic heterocycles. The molecule has 5 rings (SSSR count). The molecule has 0 bridgehead atoms. The molecule has 33 heavy (non-hydrogen) atoms. The quantitative estimate of drug-likeness (QED) is 0.451. The Labute approximate surface area is 191 Å². The molecule has 3 heterocycles. The van der Waals surface area contributed by atoms with Crippen LogP contribution < -0.4 is 5.32 Å². The normalized spacial score (nSPS) is 15.8. The summed E-state index contributed by atoms with van der Waals surface area (Å²) in [6.07, 6.45) is 3.04. The summed E-state index contributed by atoms with van der Waals surface area (Å²) in [5.41, 5.74) is 2.62. The van der Waals surface area contributed by atoms with Crippen LogP contribution in [0.15, 0.2) is 48.1 Å². The molecule has 4 aromatic rings. The van der Waals surface area contributed by atoms with Gasteiger partial charge in [0.15, 0.2) is 11.6 Å². The minimum absolute atomic E-state index is 0.130. The lowest BCUT2D eigenvalue weighted by molar-refractivity contribution is 0.0739. The molecule has 0 saturated carbocycles. The fourth-order valence-electron chi connectivity index (χ4n) is 4.00. The maximum Gasteiger partial charge on any atom is 0.274 e. The average Bonchev–Trinajstić information content (AvgIpc) is 3.48. The number of fused-ring (bicyclic) bond motifs is 1. The lowest BCUT2D eigenvalue weighted by atomic mass is 10.1. The van der Waals surface area contributed by atoms with E-state index in [0.29, 0.717) is 29.3 Å². The number of thiazole rings is 1. The van der Waals surface area contributed by atoms with Gasteiger partial charge in [0, 0.05) is 36.8 Å².